The van der Waals surface area contributed by atoms with Crippen LogP contribution in [-0.4, -0.2) is 49.8 Å². The SMILES string of the molecule is COc1cc(C(Cc2ccc(C(=N)N)cc2)c2nn(-c3cnccn3)c(=O)[nH]2)cc(OC)n1. The summed E-state index contributed by atoms with van der Waals surface area (Å²) < 4.78 is 11.8. The molecule has 0 aliphatic carbocycles. The predicted octanol–water partition coefficient (Wildman–Crippen LogP) is 1.42. The topological polar surface area (TPSA) is 158 Å². The number of rotatable bonds is 8. The van der Waals surface area contributed by atoms with Crippen molar-refractivity contribution in [1.82, 2.24) is 29.7 Å². The zero-order valence-corrected chi connectivity index (χ0v) is 18.0. The molecule has 3 aromatic heterocycles. The van der Waals surface area contributed by atoms with Crippen molar-refractivity contribution in [3.63, 3.8) is 0 Å². The molecule has 11 heteroatoms. The van der Waals surface area contributed by atoms with E-state index in [9.17, 15) is 4.79 Å². The summed E-state index contributed by atoms with van der Waals surface area (Å²) in [6, 6.07) is 10.9. The van der Waals surface area contributed by atoms with Gasteiger partial charge in [-0.05, 0) is 17.5 Å². The lowest BCUT2D eigenvalue weighted by Gasteiger charge is -2.17. The minimum atomic E-state index is -0.435. The number of methoxy groups -OCH3 is 2. The van der Waals surface area contributed by atoms with Gasteiger partial charge in [-0.25, -0.2) is 9.78 Å². The number of nitrogens with zero attached hydrogens (tertiary/aromatic N) is 5. The fraction of sp³-hybridized carbons (Fsp3) is 0.182. The van der Waals surface area contributed by atoms with Crippen LogP contribution in [0, 0.1) is 5.41 Å². The number of hydrogen-bond donors (Lipinski definition) is 3. The van der Waals surface area contributed by atoms with Crippen molar-refractivity contribution in [2.45, 2.75) is 12.3 Å². The summed E-state index contributed by atoms with van der Waals surface area (Å²) in [5, 5.41) is 12.1. The number of nitrogens with one attached hydrogen (secondary N) is 2. The number of H-pyrrole nitrogens is 1. The number of pyridine rings is 1. The summed E-state index contributed by atoms with van der Waals surface area (Å²) in [6.45, 7) is 0. The summed E-state index contributed by atoms with van der Waals surface area (Å²) in [7, 11) is 3.04. The predicted molar refractivity (Wildman–Crippen MR) is 120 cm³/mol. The van der Waals surface area contributed by atoms with E-state index in [1.54, 1.807) is 24.3 Å². The lowest BCUT2D eigenvalue weighted by atomic mass is 9.91. The molecule has 0 fully saturated rings. The first-order valence-corrected chi connectivity index (χ1v) is 9.97. The van der Waals surface area contributed by atoms with Crippen LogP contribution in [0.2, 0.25) is 0 Å². The summed E-state index contributed by atoms with van der Waals surface area (Å²) in [4.78, 5) is 27.9. The van der Waals surface area contributed by atoms with Crippen LogP contribution in [-0.2, 0) is 6.42 Å². The van der Waals surface area contributed by atoms with Gasteiger partial charge in [0, 0.05) is 36.0 Å². The highest BCUT2D eigenvalue weighted by Crippen LogP contribution is 2.30. The molecule has 0 spiro atoms. The van der Waals surface area contributed by atoms with Crippen LogP contribution in [0.1, 0.15) is 28.4 Å². The van der Waals surface area contributed by atoms with Crippen molar-refractivity contribution >= 4 is 5.84 Å². The fourth-order valence-corrected chi connectivity index (χ4v) is 3.39. The third-order valence-corrected chi connectivity index (χ3v) is 5.06. The third-order valence-electron chi connectivity index (χ3n) is 5.06. The maximum atomic E-state index is 12.7. The van der Waals surface area contributed by atoms with Crippen molar-refractivity contribution in [3.8, 4) is 17.6 Å². The average molecular weight is 446 g/mol. The Morgan fingerprint density at radius 1 is 1.15 bits per heavy atom. The second kappa shape index (κ2) is 9.30. The van der Waals surface area contributed by atoms with Gasteiger partial charge in [0.25, 0.3) is 0 Å². The maximum absolute atomic E-state index is 12.7. The fourth-order valence-electron chi connectivity index (χ4n) is 3.39. The minimum Gasteiger partial charge on any atom is -0.481 e. The highest BCUT2D eigenvalue weighted by Gasteiger charge is 2.23. The second-order valence-electron chi connectivity index (χ2n) is 7.14. The van der Waals surface area contributed by atoms with Gasteiger partial charge in [0.15, 0.2) is 5.82 Å². The van der Waals surface area contributed by atoms with Crippen molar-refractivity contribution in [3.05, 3.63) is 88.0 Å². The van der Waals surface area contributed by atoms with E-state index in [1.807, 2.05) is 12.1 Å². The zero-order valence-electron chi connectivity index (χ0n) is 18.0. The molecule has 1 unspecified atom stereocenters. The lowest BCUT2D eigenvalue weighted by molar-refractivity contribution is 0.363. The monoisotopic (exact) mass is 446 g/mol. The van der Waals surface area contributed by atoms with Crippen LogP contribution in [0.15, 0.2) is 59.8 Å². The molecule has 0 amide bonds. The quantitative estimate of drug-likeness (QED) is 0.271. The van der Waals surface area contributed by atoms with E-state index in [0.29, 0.717) is 35.4 Å². The van der Waals surface area contributed by atoms with Gasteiger partial charge in [0.2, 0.25) is 11.8 Å². The van der Waals surface area contributed by atoms with E-state index in [-0.39, 0.29) is 11.8 Å². The molecule has 0 aliphatic rings. The molecule has 1 aromatic carbocycles. The zero-order chi connectivity index (χ0) is 23.4. The number of nitrogen functional groups attached to an aromatic ring is 1. The molecule has 168 valence electrons. The van der Waals surface area contributed by atoms with Gasteiger partial charge in [-0.3, -0.25) is 15.4 Å². The Labute approximate surface area is 188 Å². The second-order valence-corrected chi connectivity index (χ2v) is 7.14. The Kier molecular flexibility index (Phi) is 6.11. The number of aromatic amines is 1. The average Bonchev–Trinajstić information content (AvgIpc) is 3.24. The number of nitrogens with two attached hydrogens (primary N) is 1. The first-order valence-electron chi connectivity index (χ1n) is 9.97. The summed E-state index contributed by atoms with van der Waals surface area (Å²) in [6.07, 6.45) is 4.95. The van der Waals surface area contributed by atoms with Gasteiger partial charge in [0.05, 0.1) is 20.4 Å². The van der Waals surface area contributed by atoms with Crippen LogP contribution in [0.3, 0.4) is 0 Å². The summed E-state index contributed by atoms with van der Waals surface area (Å²) in [5.41, 5.74) is 7.50. The van der Waals surface area contributed by atoms with Crippen molar-refractivity contribution in [2.75, 3.05) is 14.2 Å². The highest BCUT2D eigenvalue weighted by atomic mass is 16.5. The van der Waals surface area contributed by atoms with Gasteiger partial charge in [-0.15, -0.1) is 5.10 Å². The van der Waals surface area contributed by atoms with E-state index >= 15 is 0 Å². The van der Waals surface area contributed by atoms with Gasteiger partial charge < -0.3 is 15.2 Å². The van der Waals surface area contributed by atoms with E-state index in [0.717, 1.165) is 11.1 Å². The standard InChI is InChI=1S/C22H22N8O3/c1-32-18-10-15(11-19(27-18)33-2)16(9-13-3-5-14(6-4-13)20(23)24)21-28-22(31)30(29-21)17-12-25-7-8-26-17/h3-8,10-12,16H,9H2,1-2H3,(H3,23,24)(H,28,29,31). The molecule has 1 atom stereocenters. The molecule has 0 radical (unpaired) electrons. The highest BCUT2D eigenvalue weighted by molar-refractivity contribution is 5.94. The number of ether oxygens (including phenoxy) is 2. The Balaban J connectivity index is 1.80. The molecule has 3 heterocycles. The van der Waals surface area contributed by atoms with Crippen LogP contribution >= 0.6 is 0 Å². The molecule has 4 rings (SSSR count). The Morgan fingerprint density at radius 2 is 1.85 bits per heavy atom. The molecule has 4 aromatic rings. The first kappa shape index (κ1) is 21.7. The van der Waals surface area contributed by atoms with E-state index < -0.39 is 5.69 Å². The van der Waals surface area contributed by atoms with Crippen molar-refractivity contribution in [1.29, 1.82) is 5.41 Å². The van der Waals surface area contributed by atoms with Gasteiger partial charge in [-0.1, -0.05) is 24.3 Å². The van der Waals surface area contributed by atoms with E-state index in [4.69, 9.17) is 20.6 Å². The maximum Gasteiger partial charge on any atom is 0.349 e. The Hall–Kier alpha value is -4.54. The number of hydrogen-bond acceptors (Lipinski definition) is 8. The molecule has 0 aliphatic heterocycles. The molecule has 0 saturated carbocycles. The molecule has 0 saturated heterocycles. The number of aromatic nitrogens is 6. The Morgan fingerprint density at radius 3 is 2.42 bits per heavy atom. The Bertz CT molecular complexity index is 1290. The van der Waals surface area contributed by atoms with E-state index in [2.05, 4.69) is 25.0 Å². The van der Waals surface area contributed by atoms with E-state index in [1.165, 1.54) is 37.5 Å². The first-order chi connectivity index (χ1) is 16.0. The molecular formula is C22H22N8O3. The summed E-state index contributed by atoms with van der Waals surface area (Å²) in [5.74, 6) is 1.10. The number of amidine groups is 1. The van der Waals surface area contributed by atoms with Gasteiger partial charge in [0.1, 0.15) is 11.7 Å². The van der Waals surface area contributed by atoms with Crippen molar-refractivity contribution < 1.29 is 9.47 Å². The van der Waals surface area contributed by atoms with Crippen LogP contribution in [0.5, 0.6) is 11.8 Å². The van der Waals surface area contributed by atoms with Gasteiger partial charge in [-0.2, -0.15) is 9.67 Å². The largest absolute Gasteiger partial charge is 0.481 e. The molecule has 33 heavy (non-hydrogen) atoms. The molecule has 0 bridgehead atoms. The molecular weight excluding hydrogens is 424 g/mol. The van der Waals surface area contributed by atoms with Crippen LogP contribution in [0.25, 0.3) is 5.82 Å². The summed E-state index contributed by atoms with van der Waals surface area (Å²) >= 11 is 0. The normalized spacial score (nSPS) is 11.7. The van der Waals surface area contributed by atoms with Crippen molar-refractivity contribution in [2.24, 2.45) is 5.73 Å². The van der Waals surface area contributed by atoms with Crippen LogP contribution in [0.4, 0.5) is 0 Å². The lowest BCUT2D eigenvalue weighted by Crippen LogP contribution is -2.17. The molecule has 11 nitrogen and oxygen atoms in total. The number of benzene rings is 1. The third kappa shape index (κ3) is 4.71. The van der Waals surface area contributed by atoms with Gasteiger partial charge >= 0.3 is 5.69 Å². The molecule has 4 N–H and O–H groups in total. The minimum absolute atomic E-state index is 0.00579. The smallest absolute Gasteiger partial charge is 0.349 e. The van der Waals surface area contributed by atoms with Crippen LogP contribution < -0.4 is 20.9 Å².